The summed E-state index contributed by atoms with van der Waals surface area (Å²) >= 11 is 0. The Bertz CT molecular complexity index is 2630. The minimum absolute atomic E-state index is 0.0398. The van der Waals surface area contributed by atoms with Gasteiger partial charge in [-0.05, 0) is 145 Å². The van der Waals surface area contributed by atoms with Crippen LogP contribution in [0.3, 0.4) is 0 Å². The SMILES string of the molecule is COc1ccc(-c2c(-c3ccccc3)c(-c3ccc(C(F)(F)F)cc3)c(-c3ccc([C@H](C)O[Si](C)(C)C(C)(C)C)cc3)c(-c3ccncc3)c2-c2ccc(C(C)(C)C)cc2)cc1. The Balaban J connectivity index is 1.68. The highest BCUT2D eigenvalue weighted by Crippen LogP contribution is 2.56. The number of halogens is 3. The van der Waals surface area contributed by atoms with Crippen molar-refractivity contribution in [1.29, 1.82) is 0 Å². The summed E-state index contributed by atoms with van der Waals surface area (Å²) in [7, 11) is -0.447. The molecule has 0 fully saturated rings. The van der Waals surface area contributed by atoms with Gasteiger partial charge < -0.3 is 9.16 Å². The summed E-state index contributed by atoms with van der Waals surface area (Å²) in [5.41, 5.74) is 12.3. The Morgan fingerprint density at radius 3 is 1.24 bits per heavy atom. The van der Waals surface area contributed by atoms with Crippen LogP contribution in [-0.4, -0.2) is 20.4 Å². The summed E-state index contributed by atoms with van der Waals surface area (Å²) in [6.07, 6.45) is -1.05. The van der Waals surface area contributed by atoms with E-state index in [1.807, 2.05) is 42.5 Å². The number of aromatic nitrogens is 1. The van der Waals surface area contributed by atoms with Crippen molar-refractivity contribution >= 4 is 8.32 Å². The lowest BCUT2D eigenvalue weighted by atomic mass is 9.74. The summed E-state index contributed by atoms with van der Waals surface area (Å²) in [4.78, 5) is 4.44. The molecule has 0 saturated heterocycles. The molecule has 1 aromatic heterocycles. The van der Waals surface area contributed by atoms with Gasteiger partial charge in [0.25, 0.3) is 0 Å². The van der Waals surface area contributed by atoms with Gasteiger partial charge in [-0.25, -0.2) is 0 Å². The van der Waals surface area contributed by atoms with Crippen LogP contribution in [-0.2, 0) is 16.0 Å². The fraction of sp³-hybridized carbons (Fsp3) is 0.255. The van der Waals surface area contributed by atoms with Gasteiger partial charge >= 0.3 is 6.18 Å². The molecule has 0 N–H and O–H groups in total. The lowest BCUT2D eigenvalue weighted by molar-refractivity contribution is -0.137. The van der Waals surface area contributed by atoms with Gasteiger partial charge in [-0.15, -0.1) is 0 Å². The number of ether oxygens (including phenoxy) is 1. The van der Waals surface area contributed by atoms with Crippen LogP contribution in [0.25, 0.3) is 66.8 Å². The van der Waals surface area contributed by atoms with Gasteiger partial charge in [-0.1, -0.05) is 145 Å². The molecule has 3 nitrogen and oxygen atoms in total. The second-order valence-corrected chi connectivity index (χ2v) is 23.4. The maximum Gasteiger partial charge on any atom is 0.416 e. The Hall–Kier alpha value is -5.76. The van der Waals surface area contributed by atoms with Crippen molar-refractivity contribution in [2.75, 3.05) is 7.11 Å². The van der Waals surface area contributed by atoms with Crippen molar-refractivity contribution < 1.29 is 22.3 Å². The predicted octanol–water partition coefficient (Wildman–Crippen LogP) is 16.5. The lowest BCUT2D eigenvalue weighted by Gasteiger charge is -2.38. The van der Waals surface area contributed by atoms with Crippen LogP contribution < -0.4 is 4.74 Å². The van der Waals surface area contributed by atoms with E-state index in [0.717, 1.165) is 66.8 Å². The Morgan fingerprint density at radius 2 is 0.855 bits per heavy atom. The van der Waals surface area contributed by atoms with Gasteiger partial charge in [0.1, 0.15) is 5.75 Å². The van der Waals surface area contributed by atoms with E-state index < -0.39 is 20.1 Å². The minimum atomic E-state index is -4.50. The number of benzene rings is 6. The molecule has 7 aromatic rings. The van der Waals surface area contributed by atoms with Gasteiger partial charge in [-0.3, -0.25) is 4.98 Å². The summed E-state index contributed by atoms with van der Waals surface area (Å²) in [5.74, 6) is 0.715. The van der Waals surface area contributed by atoms with Crippen molar-refractivity contribution in [2.24, 2.45) is 0 Å². The van der Waals surface area contributed by atoms with E-state index in [4.69, 9.17) is 9.16 Å². The van der Waals surface area contributed by atoms with E-state index in [2.05, 4.69) is 139 Å². The van der Waals surface area contributed by atoms with Gasteiger partial charge in [0.2, 0.25) is 0 Å². The summed E-state index contributed by atoms with van der Waals surface area (Å²) in [5, 5.41) is 0.0398. The first-order valence-electron chi connectivity index (χ1n) is 21.2. The molecule has 0 unspecified atom stereocenters. The molecule has 0 aliphatic rings. The van der Waals surface area contributed by atoms with Crippen molar-refractivity contribution in [3.8, 4) is 72.5 Å². The van der Waals surface area contributed by atoms with Crippen molar-refractivity contribution in [3.63, 3.8) is 0 Å². The second kappa shape index (κ2) is 17.2. The van der Waals surface area contributed by atoms with Crippen LogP contribution in [0.1, 0.15) is 71.3 Å². The number of hydrogen-bond donors (Lipinski definition) is 0. The van der Waals surface area contributed by atoms with E-state index in [0.29, 0.717) is 11.3 Å². The normalized spacial score (nSPS) is 12.9. The molecule has 0 spiro atoms. The van der Waals surface area contributed by atoms with Crippen molar-refractivity contribution in [3.05, 3.63) is 169 Å². The third-order valence-corrected chi connectivity index (χ3v) is 17.0. The molecule has 0 radical (unpaired) electrons. The van der Waals surface area contributed by atoms with E-state index in [1.54, 1.807) is 31.6 Å². The minimum Gasteiger partial charge on any atom is -0.497 e. The van der Waals surface area contributed by atoms with E-state index in [9.17, 15) is 13.2 Å². The molecule has 1 heterocycles. The van der Waals surface area contributed by atoms with Crippen molar-refractivity contribution in [1.82, 2.24) is 4.98 Å². The fourth-order valence-corrected chi connectivity index (χ4v) is 9.31. The molecule has 1 atom stereocenters. The zero-order valence-electron chi connectivity index (χ0n) is 37.4. The number of nitrogens with zero attached hydrogens (tertiary/aromatic N) is 1. The number of alkyl halides is 3. The molecule has 0 amide bonds. The summed E-state index contributed by atoms with van der Waals surface area (Å²) < 4.78 is 55.2. The summed E-state index contributed by atoms with van der Waals surface area (Å²) in [6, 6.07) is 45.2. The second-order valence-electron chi connectivity index (χ2n) is 18.6. The maximum absolute atomic E-state index is 14.2. The van der Waals surface area contributed by atoms with Crippen LogP contribution in [0.5, 0.6) is 5.75 Å². The molecule has 0 aliphatic heterocycles. The van der Waals surface area contributed by atoms with Crippen LogP contribution in [0.2, 0.25) is 18.1 Å². The Labute approximate surface area is 366 Å². The van der Waals surface area contributed by atoms with Crippen LogP contribution in [0.4, 0.5) is 13.2 Å². The van der Waals surface area contributed by atoms with E-state index in [-0.39, 0.29) is 16.6 Å². The molecule has 0 bridgehead atoms. The number of methoxy groups -OCH3 is 1. The smallest absolute Gasteiger partial charge is 0.416 e. The van der Waals surface area contributed by atoms with Gasteiger partial charge in [0.05, 0.1) is 18.8 Å². The van der Waals surface area contributed by atoms with Gasteiger partial charge in [0.15, 0.2) is 8.32 Å². The molecule has 0 aliphatic carbocycles. The zero-order chi connectivity index (χ0) is 44.6. The quantitative estimate of drug-likeness (QED) is 0.129. The van der Waals surface area contributed by atoms with Crippen LogP contribution in [0, 0.1) is 0 Å². The molecule has 0 saturated carbocycles. The largest absolute Gasteiger partial charge is 0.497 e. The fourth-order valence-electron chi connectivity index (χ4n) is 7.93. The third-order valence-electron chi connectivity index (χ3n) is 12.4. The first-order valence-corrected chi connectivity index (χ1v) is 24.1. The van der Waals surface area contributed by atoms with E-state index >= 15 is 0 Å². The number of hydrogen-bond acceptors (Lipinski definition) is 3. The molecule has 62 heavy (non-hydrogen) atoms. The average molecular weight is 848 g/mol. The number of rotatable bonds is 10. The topological polar surface area (TPSA) is 31.4 Å². The highest BCUT2D eigenvalue weighted by molar-refractivity contribution is 6.74. The van der Waals surface area contributed by atoms with Crippen LogP contribution >= 0.6 is 0 Å². The summed E-state index contributed by atoms with van der Waals surface area (Å²) in [6.45, 7) is 20.0. The Kier molecular flexibility index (Phi) is 12.3. The monoisotopic (exact) mass is 847 g/mol. The average Bonchev–Trinajstić information content (AvgIpc) is 3.25. The molecule has 7 heteroatoms. The molecule has 7 rings (SSSR count). The standard InChI is InChI=1S/C55H56F3NO2Si/c1-36(61-62(9,10)54(5,6)7)37-16-18-39(19-17-37)48-49(41-22-28-45(29-23-41)55(56,57)58)47(38-14-12-11-13-15-38)51(42-24-30-46(60-8)31-25-42)50(52(48)43-32-34-59-35-33-43)40-20-26-44(27-21-40)53(2,3)4/h11-36H,1-10H3/t36-/m0/s1. The number of pyridine rings is 1. The first-order chi connectivity index (χ1) is 29.3. The van der Waals surface area contributed by atoms with Gasteiger partial charge in [-0.2, -0.15) is 13.2 Å². The molecular formula is C55H56F3NO2Si. The highest BCUT2D eigenvalue weighted by Gasteiger charge is 2.39. The lowest BCUT2D eigenvalue weighted by Crippen LogP contribution is -2.41. The Morgan fingerprint density at radius 1 is 0.484 bits per heavy atom. The van der Waals surface area contributed by atoms with Crippen molar-refractivity contribution in [2.45, 2.75) is 84.3 Å². The first kappa shape index (κ1) is 44.3. The molecule has 318 valence electrons. The van der Waals surface area contributed by atoms with Gasteiger partial charge in [0, 0.05) is 12.4 Å². The molecule has 6 aromatic carbocycles. The zero-order valence-corrected chi connectivity index (χ0v) is 38.4. The third kappa shape index (κ3) is 9.06. The maximum atomic E-state index is 14.2. The molecular weight excluding hydrogens is 792 g/mol. The predicted molar refractivity (Wildman–Crippen MR) is 254 cm³/mol. The van der Waals surface area contributed by atoms with E-state index in [1.165, 1.54) is 17.7 Å². The highest BCUT2D eigenvalue weighted by atomic mass is 28.4. The van der Waals surface area contributed by atoms with Crippen LogP contribution in [0.15, 0.2) is 152 Å².